The third-order valence-electron chi connectivity index (χ3n) is 3.72. The van der Waals surface area contributed by atoms with Crippen LogP contribution in [0.3, 0.4) is 0 Å². The van der Waals surface area contributed by atoms with E-state index in [1.54, 1.807) is 0 Å². The van der Waals surface area contributed by atoms with Gasteiger partial charge >= 0.3 is 0 Å². The maximum Gasteiger partial charge on any atom is 0.119 e. The Morgan fingerprint density at radius 3 is 2.40 bits per heavy atom. The molecule has 0 aliphatic heterocycles. The van der Waals surface area contributed by atoms with Crippen LogP contribution in [0.5, 0.6) is 11.5 Å². The standard InChI is InChI=1S/C21H29NO3/c1-3-5-13-24-20-11-9-19(10-12-20)22-17-18-7-6-8-21(16-18)25-15-14-23-4-2/h6-12,16,22H,3-5,13-15,17H2,1-2H3. The van der Waals surface area contributed by atoms with Crippen LogP contribution in [0.4, 0.5) is 5.69 Å². The Morgan fingerprint density at radius 1 is 0.840 bits per heavy atom. The second-order valence-corrected chi connectivity index (χ2v) is 5.77. The summed E-state index contributed by atoms with van der Waals surface area (Å²) in [6.07, 6.45) is 2.23. The maximum atomic E-state index is 5.69. The molecule has 2 aromatic rings. The van der Waals surface area contributed by atoms with Gasteiger partial charge in [-0.2, -0.15) is 0 Å². The minimum atomic E-state index is 0.574. The van der Waals surface area contributed by atoms with Crippen molar-refractivity contribution in [2.24, 2.45) is 0 Å². The minimum absolute atomic E-state index is 0.574. The van der Waals surface area contributed by atoms with Crippen LogP contribution >= 0.6 is 0 Å². The molecule has 0 saturated carbocycles. The molecule has 0 aliphatic rings. The normalized spacial score (nSPS) is 10.5. The summed E-state index contributed by atoms with van der Waals surface area (Å²) in [6.45, 7) is 7.58. The molecule has 0 bridgehead atoms. The van der Waals surface area contributed by atoms with E-state index in [0.29, 0.717) is 13.2 Å². The van der Waals surface area contributed by atoms with E-state index in [1.807, 2.05) is 43.3 Å². The molecule has 4 heteroatoms. The van der Waals surface area contributed by atoms with Crippen molar-refractivity contribution in [3.8, 4) is 11.5 Å². The lowest BCUT2D eigenvalue weighted by Gasteiger charge is -2.11. The van der Waals surface area contributed by atoms with Gasteiger partial charge in [0.15, 0.2) is 0 Å². The molecule has 0 spiro atoms. The van der Waals surface area contributed by atoms with Crippen molar-refractivity contribution in [3.05, 3.63) is 54.1 Å². The fraction of sp³-hybridized carbons (Fsp3) is 0.429. The predicted molar refractivity (Wildman–Crippen MR) is 103 cm³/mol. The molecule has 0 heterocycles. The van der Waals surface area contributed by atoms with E-state index in [0.717, 1.165) is 49.8 Å². The van der Waals surface area contributed by atoms with Gasteiger partial charge in [0.05, 0.1) is 13.2 Å². The maximum absolute atomic E-state index is 5.69. The van der Waals surface area contributed by atoms with Crippen LogP contribution in [0.2, 0.25) is 0 Å². The molecule has 0 amide bonds. The lowest BCUT2D eigenvalue weighted by molar-refractivity contribution is 0.110. The van der Waals surface area contributed by atoms with E-state index in [4.69, 9.17) is 14.2 Å². The molecule has 0 unspecified atom stereocenters. The Bertz CT molecular complexity index is 598. The second-order valence-electron chi connectivity index (χ2n) is 5.77. The lowest BCUT2D eigenvalue weighted by atomic mass is 10.2. The molecular weight excluding hydrogens is 314 g/mol. The number of nitrogens with one attached hydrogen (secondary N) is 1. The van der Waals surface area contributed by atoms with Crippen LogP contribution in [0.25, 0.3) is 0 Å². The lowest BCUT2D eigenvalue weighted by Crippen LogP contribution is -2.06. The van der Waals surface area contributed by atoms with Gasteiger partial charge in [-0.1, -0.05) is 25.5 Å². The average Bonchev–Trinajstić information content (AvgIpc) is 2.65. The van der Waals surface area contributed by atoms with Crippen molar-refractivity contribution < 1.29 is 14.2 Å². The van der Waals surface area contributed by atoms with Gasteiger partial charge in [-0.25, -0.2) is 0 Å². The fourth-order valence-corrected chi connectivity index (χ4v) is 2.32. The Kier molecular flexibility index (Phi) is 8.70. The highest BCUT2D eigenvalue weighted by Gasteiger charge is 1.99. The average molecular weight is 343 g/mol. The van der Waals surface area contributed by atoms with Gasteiger partial charge in [0.2, 0.25) is 0 Å². The van der Waals surface area contributed by atoms with E-state index >= 15 is 0 Å². The molecule has 25 heavy (non-hydrogen) atoms. The molecule has 2 rings (SSSR count). The van der Waals surface area contributed by atoms with Crippen molar-refractivity contribution in [1.82, 2.24) is 0 Å². The quantitative estimate of drug-likeness (QED) is 0.557. The van der Waals surface area contributed by atoms with Gasteiger partial charge in [0.25, 0.3) is 0 Å². The van der Waals surface area contributed by atoms with Crippen molar-refractivity contribution in [3.63, 3.8) is 0 Å². The first-order valence-electron chi connectivity index (χ1n) is 9.08. The summed E-state index contributed by atoms with van der Waals surface area (Å²) in [5.41, 5.74) is 2.25. The summed E-state index contributed by atoms with van der Waals surface area (Å²) in [5, 5.41) is 3.42. The molecule has 0 aliphatic carbocycles. The van der Waals surface area contributed by atoms with Gasteiger partial charge < -0.3 is 19.5 Å². The van der Waals surface area contributed by atoms with Gasteiger partial charge in [0, 0.05) is 18.8 Å². The Morgan fingerprint density at radius 2 is 1.64 bits per heavy atom. The highest BCUT2D eigenvalue weighted by molar-refractivity contribution is 5.47. The number of unbranched alkanes of at least 4 members (excludes halogenated alkanes) is 1. The first-order valence-corrected chi connectivity index (χ1v) is 9.08. The number of rotatable bonds is 12. The second kappa shape index (κ2) is 11.4. The van der Waals surface area contributed by atoms with Crippen LogP contribution in [-0.4, -0.2) is 26.4 Å². The van der Waals surface area contributed by atoms with Crippen LogP contribution in [0.15, 0.2) is 48.5 Å². The zero-order valence-corrected chi connectivity index (χ0v) is 15.3. The smallest absolute Gasteiger partial charge is 0.119 e. The Hall–Kier alpha value is -2.20. The molecular formula is C21H29NO3. The van der Waals surface area contributed by atoms with Gasteiger partial charge in [-0.15, -0.1) is 0 Å². The highest BCUT2D eigenvalue weighted by atomic mass is 16.5. The molecule has 0 radical (unpaired) electrons. The molecule has 136 valence electrons. The van der Waals surface area contributed by atoms with E-state index in [-0.39, 0.29) is 0 Å². The van der Waals surface area contributed by atoms with Crippen LogP contribution in [0.1, 0.15) is 32.3 Å². The summed E-state index contributed by atoms with van der Waals surface area (Å²) < 4.78 is 16.7. The zero-order chi connectivity index (χ0) is 17.7. The summed E-state index contributed by atoms with van der Waals surface area (Å²) in [6, 6.07) is 16.2. The minimum Gasteiger partial charge on any atom is -0.494 e. The van der Waals surface area contributed by atoms with Crippen LogP contribution < -0.4 is 14.8 Å². The summed E-state index contributed by atoms with van der Waals surface area (Å²) in [5.74, 6) is 1.79. The fourth-order valence-electron chi connectivity index (χ4n) is 2.32. The number of benzene rings is 2. The van der Waals surface area contributed by atoms with Crippen molar-refractivity contribution >= 4 is 5.69 Å². The summed E-state index contributed by atoms with van der Waals surface area (Å²) in [4.78, 5) is 0. The predicted octanol–water partition coefficient (Wildman–Crippen LogP) is 4.89. The Labute approximate surface area is 151 Å². The molecule has 0 atom stereocenters. The van der Waals surface area contributed by atoms with Crippen LogP contribution in [-0.2, 0) is 11.3 Å². The van der Waals surface area contributed by atoms with Crippen molar-refractivity contribution in [2.45, 2.75) is 33.2 Å². The largest absolute Gasteiger partial charge is 0.494 e. The number of hydrogen-bond acceptors (Lipinski definition) is 4. The van der Waals surface area contributed by atoms with E-state index < -0.39 is 0 Å². The molecule has 0 saturated heterocycles. The SMILES string of the molecule is CCCCOc1ccc(NCc2cccc(OCCOCC)c2)cc1. The first-order chi connectivity index (χ1) is 12.3. The molecule has 4 nitrogen and oxygen atoms in total. The molecule has 0 fully saturated rings. The first kappa shape index (κ1) is 19.1. The van der Waals surface area contributed by atoms with Crippen molar-refractivity contribution in [1.29, 1.82) is 0 Å². The van der Waals surface area contributed by atoms with Crippen LogP contribution in [0, 0.1) is 0 Å². The van der Waals surface area contributed by atoms with Gasteiger partial charge in [0.1, 0.15) is 18.1 Å². The zero-order valence-electron chi connectivity index (χ0n) is 15.3. The number of hydrogen-bond donors (Lipinski definition) is 1. The molecule has 1 N–H and O–H groups in total. The topological polar surface area (TPSA) is 39.7 Å². The monoisotopic (exact) mass is 343 g/mol. The third-order valence-corrected chi connectivity index (χ3v) is 3.72. The van der Waals surface area contributed by atoms with E-state index in [9.17, 15) is 0 Å². The van der Waals surface area contributed by atoms with Crippen molar-refractivity contribution in [2.75, 3.05) is 31.7 Å². The van der Waals surface area contributed by atoms with Gasteiger partial charge in [-0.3, -0.25) is 0 Å². The number of anilines is 1. The third kappa shape index (κ3) is 7.48. The molecule has 2 aromatic carbocycles. The van der Waals surface area contributed by atoms with E-state index in [2.05, 4.69) is 24.4 Å². The van der Waals surface area contributed by atoms with Gasteiger partial charge in [-0.05, 0) is 55.3 Å². The highest BCUT2D eigenvalue weighted by Crippen LogP contribution is 2.18. The summed E-state index contributed by atoms with van der Waals surface area (Å²) >= 11 is 0. The van der Waals surface area contributed by atoms with E-state index in [1.165, 1.54) is 5.56 Å². The molecule has 0 aromatic heterocycles. The number of ether oxygens (including phenoxy) is 3. The Balaban J connectivity index is 1.78. The summed E-state index contributed by atoms with van der Waals surface area (Å²) in [7, 11) is 0.